The molecule has 0 aliphatic heterocycles. The number of hydrogen-bond donors (Lipinski definition) is 2. The molecule has 0 saturated heterocycles. The van der Waals surface area contributed by atoms with Gasteiger partial charge in [0, 0.05) is 11.7 Å². The Kier molecular flexibility index (Phi) is 5.00. The van der Waals surface area contributed by atoms with Gasteiger partial charge >= 0.3 is 0 Å². The van der Waals surface area contributed by atoms with Crippen LogP contribution in [0.15, 0.2) is 24.3 Å². The van der Waals surface area contributed by atoms with E-state index >= 15 is 0 Å². The molecule has 20 heavy (non-hydrogen) atoms. The van der Waals surface area contributed by atoms with Crippen molar-refractivity contribution in [1.82, 2.24) is 5.32 Å². The second-order valence-electron chi connectivity index (χ2n) is 5.40. The van der Waals surface area contributed by atoms with E-state index in [2.05, 4.69) is 16.7 Å². The first-order chi connectivity index (χ1) is 9.69. The first-order valence-corrected chi connectivity index (χ1v) is 7.26. The van der Waals surface area contributed by atoms with E-state index in [4.69, 9.17) is 5.26 Å². The zero-order valence-electron chi connectivity index (χ0n) is 11.9. The highest BCUT2D eigenvalue weighted by molar-refractivity contribution is 5.84. The van der Waals surface area contributed by atoms with Crippen molar-refractivity contribution in [3.8, 4) is 6.07 Å². The molecule has 2 N–H and O–H groups in total. The van der Waals surface area contributed by atoms with E-state index in [1.165, 1.54) is 19.3 Å². The van der Waals surface area contributed by atoms with Crippen molar-refractivity contribution in [3.05, 3.63) is 29.8 Å². The second kappa shape index (κ2) is 6.95. The highest BCUT2D eigenvalue weighted by atomic mass is 16.2. The number of amides is 1. The van der Waals surface area contributed by atoms with Gasteiger partial charge in [0.15, 0.2) is 0 Å². The number of anilines is 1. The maximum atomic E-state index is 12.1. The van der Waals surface area contributed by atoms with Crippen LogP contribution >= 0.6 is 0 Å². The summed E-state index contributed by atoms with van der Waals surface area (Å²) in [6.07, 6.45) is 5.89. The van der Waals surface area contributed by atoms with E-state index < -0.39 is 0 Å². The second-order valence-corrected chi connectivity index (χ2v) is 5.40. The summed E-state index contributed by atoms with van der Waals surface area (Å²) in [6, 6.07) is 9.27. The van der Waals surface area contributed by atoms with Gasteiger partial charge in [-0.05, 0) is 44.0 Å². The van der Waals surface area contributed by atoms with E-state index in [1.54, 1.807) is 12.1 Å². The fourth-order valence-electron chi connectivity index (χ4n) is 2.53. The Morgan fingerprint density at radius 1 is 1.25 bits per heavy atom. The summed E-state index contributed by atoms with van der Waals surface area (Å²) in [5, 5.41) is 15.0. The van der Waals surface area contributed by atoms with Crippen LogP contribution in [0.1, 0.15) is 44.6 Å². The lowest BCUT2D eigenvalue weighted by Crippen LogP contribution is -2.43. The predicted octanol–water partition coefficient (Wildman–Crippen LogP) is 2.81. The molecule has 1 unspecified atom stereocenters. The van der Waals surface area contributed by atoms with Crippen molar-refractivity contribution in [2.75, 3.05) is 5.32 Å². The summed E-state index contributed by atoms with van der Waals surface area (Å²) in [5.41, 5.74) is 1.48. The van der Waals surface area contributed by atoms with Crippen LogP contribution in [0.2, 0.25) is 0 Å². The predicted molar refractivity (Wildman–Crippen MR) is 79.3 cm³/mol. The van der Waals surface area contributed by atoms with Gasteiger partial charge in [0.2, 0.25) is 5.91 Å². The number of benzene rings is 1. The number of nitrogens with one attached hydrogen (secondary N) is 2. The van der Waals surface area contributed by atoms with Crippen LogP contribution in [-0.4, -0.2) is 18.0 Å². The Morgan fingerprint density at radius 3 is 2.50 bits per heavy atom. The molecular weight excluding hydrogens is 250 g/mol. The molecule has 106 valence electrons. The Balaban J connectivity index is 1.84. The van der Waals surface area contributed by atoms with Gasteiger partial charge in [-0.1, -0.05) is 19.3 Å². The summed E-state index contributed by atoms with van der Waals surface area (Å²) >= 11 is 0. The first-order valence-electron chi connectivity index (χ1n) is 7.26. The molecule has 0 bridgehead atoms. The average Bonchev–Trinajstić information content (AvgIpc) is 2.49. The lowest BCUT2D eigenvalue weighted by molar-refractivity contribution is -0.122. The quantitative estimate of drug-likeness (QED) is 0.885. The first kappa shape index (κ1) is 14.4. The lowest BCUT2D eigenvalue weighted by Gasteiger charge is -2.25. The van der Waals surface area contributed by atoms with Crippen molar-refractivity contribution in [1.29, 1.82) is 5.26 Å². The number of carbonyl (C=O) groups is 1. The van der Waals surface area contributed by atoms with Gasteiger partial charge < -0.3 is 10.6 Å². The molecule has 1 saturated carbocycles. The van der Waals surface area contributed by atoms with Gasteiger partial charge in [0.1, 0.15) is 6.04 Å². The molecule has 1 aromatic rings. The summed E-state index contributed by atoms with van der Waals surface area (Å²) in [5.74, 6) is 0.0428. The summed E-state index contributed by atoms with van der Waals surface area (Å²) < 4.78 is 0. The SMILES string of the molecule is CC(Nc1ccc(C#N)cc1)C(=O)NC1CCCCC1. The normalized spacial score (nSPS) is 17.0. The Labute approximate surface area is 120 Å². The minimum absolute atomic E-state index is 0.0428. The molecule has 2 rings (SSSR count). The van der Waals surface area contributed by atoms with E-state index in [0.29, 0.717) is 11.6 Å². The van der Waals surface area contributed by atoms with Crippen LogP contribution in [0, 0.1) is 11.3 Å². The zero-order chi connectivity index (χ0) is 14.4. The van der Waals surface area contributed by atoms with Crippen LogP contribution in [0.3, 0.4) is 0 Å². The van der Waals surface area contributed by atoms with Crippen LogP contribution < -0.4 is 10.6 Å². The number of hydrogen-bond acceptors (Lipinski definition) is 3. The maximum Gasteiger partial charge on any atom is 0.242 e. The minimum atomic E-state index is -0.273. The summed E-state index contributed by atoms with van der Waals surface area (Å²) in [4.78, 5) is 12.1. The van der Waals surface area contributed by atoms with E-state index in [9.17, 15) is 4.79 Å². The molecule has 1 aromatic carbocycles. The third kappa shape index (κ3) is 3.99. The number of nitrogens with zero attached hydrogens (tertiary/aromatic N) is 1. The molecular formula is C16H21N3O. The van der Waals surface area contributed by atoms with E-state index in [1.807, 2.05) is 19.1 Å². The molecule has 1 aliphatic rings. The van der Waals surface area contributed by atoms with Gasteiger partial charge in [-0.15, -0.1) is 0 Å². The zero-order valence-corrected chi connectivity index (χ0v) is 11.9. The summed E-state index contributed by atoms with van der Waals surface area (Å²) in [6.45, 7) is 1.86. The highest BCUT2D eigenvalue weighted by Crippen LogP contribution is 2.17. The molecule has 4 nitrogen and oxygen atoms in total. The van der Waals surface area contributed by atoms with Gasteiger partial charge in [0.05, 0.1) is 11.6 Å². The lowest BCUT2D eigenvalue weighted by atomic mass is 9.95. The molecule has 0 aromatic heterocycles. The van der Waals surface area contributed by atoms with Crippen LogP contribution in [-0.2, 0) is 4.79 Å². The average molecular weight is 271 g/mol. The van der Waals surface area contributed by atoms with Gasteiger partial charge in [-0.2, -0.15) is 5.26 Å². The maximum absolute atomic E-state index is 12.1. The molecule has 0 radical (unpaired) electrons. The van der Waals surface area contributed by atoms with Gasteiger partial charge in [-0.3, -0.25) is 4.79 Å². The fourth-order valence-corrected chi connectivity index (χ4v) is 2.53. The van der Waals surface area contributed by atoms with E-state index in [0.717, 1.165) is 18.5 Å². The molecule has 0 spiro atoms. The largest absolute Gasteiger partial charge is 0.374 e. The molecule has 1 amide bonds. The number of carbonyl (C=O) groups excluding carboxylic acids is 1. The number of rotatable bonds is 4. The Morgan fingerprint density at radius 2 is 1.90 bits per heavy atom. The Bertz CT molecular complexity index is 483. The highest BCUT2D eigenvalue weighted by Gasteiger charge is 2.19. The van der Waals surface area contributed by atoms with Crippen molar-refractivity contribution < 1.29 is 4.79 Å². The van der Waals surface area contributed by atoms with Crippen molar-refractivity contribution in [3.63, 3.8) is 0 Å². The topological polar surface area (TPSA) is 64.9 Å². The van der Waals surface area contributed by atoms with Crippen LogP contribution in [0.25, 0.3) is 0 Å². The molecule has 4 heteroatoms. The summed E-state index contributed by atoms with van der Waals surface area (Å²) in [7, 11) is 0. The smallest absolute Gasteiger partial charge is 0.242 e. The molecule has 0 heterocycles. The third-order valence-electron chi connectivity index (χ3n) is 3.74. The minimum Gasteiger partial charge on any atom is -0.374 e. The van der Waals surface area contributed by atoms with Crippen molar-refractivity contribution in [2.45, 2.75) is 51.1 Å². The molecule has 1 aliphatic carbocycles. The van der Waals surface area contributed by atoms with E-state index in [-0.39, 0.29) is 11.9 Å². The number of nitriles is 1. The monoisotopic (exact) mass is 271 g/mol. The van der Waals surface area contributed by atoms with Crippen molar-refractivity contribution >= 4 is 11.6 Å². The third-order valence-corrected chi connectivity index (χ3v) is 3.74. The van der Waals surface area contributed by atoms with Crippen LogP contribution in [0.5, 0.6) is 0 Å². The molecule has 1 fully saturated rings. The van der Waals surface area contributed by atoms with Gasteiger partial charge in [-0.25, -0.2) is 0 Å². The molecule has 1 atom stereocenters. The van der Waals surface area contributed by atoms with Gasteiger partial charge in [0.25, 0.3) is 0 Å². The standard InChI is InChI=1S/C16H21N3O/c1-12(16(20)19-14-5-3-2-4-6-14)18-15-9-7-13(11-17)8-10-15/h7-10,12,14,18H,2-6H2,1H3,(H,19,20). The van der Waals surface area contributed by atoms with Crippen molar-refractivity contribution in [2.24, 2.45) is 0 Å². The fraction of sp³-hybridized carbons (Fsp3) is 0.500. The Hall–Kier alpha value is -2.02. The van der Waals surface area contributed by atoms with Crippen LogP contribution in [0.4, 0.5) is 5.69 Å².